The number of rotatable bonds is 5. The van der Waals surface area contributed by atoms with E-state index in [4.69, 9.17) is 0 Å². The van der Waals surface area contributed by atoms with Gasteiger partial charge >= 0.3 is 0 Å². The maximum absolute atomic E-state index is 13.3. The van der Waals surface area contributed by atoms with Crippen molar-refractivity contribution in [3.8, 4) is 5.69 Å². The highest BCUT2D eigenvalue weighted by Crippen LogP contribution is 2.36. The molecule has 0 spiro atoms. The number of aryl methyl sites for hydroxylation is 2. The van der Waals surface area contributed by atoms with Crippen molar-refractivity contribution in [3.63, 3.8) is 0 Å². The molecule has 0 atom stereocenters. The van der Waals surface area contributed by atoms with Gasteiger partial charge in [-0.05, 0) is 68.7 Å². The Labute approximate surface area is 183 Å². The second kappa shape index (κ2) is 7.67. The van der Waals surface area contributed by atoms with Gasteiger partial charge in [0.05, 0.1) is 5.69 Å². The Morgan fingerprint density at radius 1 is 1.06 bits per heavy atom. The number of thiophene rings is 1. The van der Waals surface area contributed by atoms with Crippen LogP contribution in [0.2, 0.25) is 0 Å². The normalized spacial score (nSPS) is 13.4. The molecular weight excluding hydrogens is 408 g/mol. The minimum atomic E-state index is -0.219. The summed E-state index contributed by atoms with van der Waals surface area (Å²) in [5.41, 5.74) is 3.96. The molecule has 1 aliphatic rings. The lowest BCUT2D eigenvalue weighted by Gasteiger charge is -2.10. The Hall–Kier alpha value is -3.45. The van der Waals surface area contributed by atoms with E-state index in [0.29, 0.717) is 16.1 Å². The molecule has 156 valence electrons. The van der Waals surface area contributed by atoms with E-state index in [1.165, 1.54) is 11.3 Å². The summed E-state index contributed by atoms with van der Waals surface area (Å²) in [7, 11) is 0. The average Bonchev–Trinajstić information content (AvgIpc) is 3.23. The van der Waals surface area contributed by atoms with Gasteiger partial charge in [-0.25, -0.2) is 4.98 Å². The number of hydrogen-bond donors (Lipinski definition) is 2. The number of pyridine rings is 1. The van der Waals surface area contributed by atoms with Gasteiger partial charge in [0.1, 0.15) is 9.71 Å². The predicted octanol–water partition coefficient (Wildman–Crippen LogP) is 4.85. The molecule has 7 heteroatoms. The number of anilines is 1. The number of carbonyl (C=O) groups is 2. The van der Waals surface area contributed by atoms with Crippen LogP contribution in [-0.2, 0) is 0 Å². The van der Waals surface area contributed by atoms with Gasteiger partial charge in [-0.2, -0.15) is 0 Å². The van der Waals surface area contributed by atoms with Crippen molar-refractivity contribution in [2.75, 3.05) is 5.32 Å². The van der Waals surface area contributed by atoms with Gasteiger partial charge in [-0.3, -0.25) is 9.59 Å². The first-order valence-corrected chi connectivity index (χ1v) is 11.1. The van der Waals surface area contributed by atoms with E-state index in [0.717, 1.165) is 40.0 Å². The van der Waals surface area contributed by atoms with E-state index in [-0.39, 0.29) is 17.9 Å². The number of benzene rings is 1. The zero-order valence-corrected chi connectivity index (χ0v) is 18.1. The van der Waals surface area contributed by atoms with E-state index >= 15 is 0 Å². The third-order valence-corrected chi connectivity index (χ3v) is 6.40. The van der Waals surface area contributed by atoms with Crippen molar-refractivity contribution in [2.45, 2.75) is 32.7 Å². The minimum Gasteiger partial charge on any atom is -0.349 e. The maximum Gasteiger partial charge on any atom is 0.267 e. The van der Waals surface area contributed by atoms with Crippen LogP contribution in [0.4, 0.5) is 5.69 Å². The summed E-state index contributed by atoms with van der Waals surface area (Å²) in [6.45, 7) is 4.00. The zero-order chi connectivity index (χ0) is 21.5. The fourth-order valence-electron chi connectivity index (χ4n) is 3.73. The predicted molar refractivity (Wildman–Crippen MR) is 123 cm³/mol. The first-order chi connectivity index (χ1) is 15.0. The van der Waals surface area contributed by atoms with Crippen LogP contribution < -0.4 is 10.6 Å². The summed E-state index contributed by atoms with van der Waals surface area (Å²) in [5, 5.41) is 6.93. The summed E-state index contributed by atoms with van der Waals surface area (Å²) in [5.74, 6) is -0.327. The van der Waals surface area contributed by atoms with Crippen molar-refractivity contribution in [1.82, 2.24) is 14.9 Å². The molecule has 0 saturated heterocycles. The standard InChI is InChI=1S/C24H22N4O2S/c1-14-12-15(2)25-24-19(14)20(28-10-3-4-11-28)21(31-24)23(30)27-18-7-5-6-16(13-18)22(29)26-17-8-9-17/h3-7,10-13,17H,8-9H2,1-2H3,(H,26,29)(H,27,30). The molecule has 2 N–H and O–H groups in total. The van der Waals surface area contributed by atoms with Gasteiger partial charge in [0.25, 0.3) is 11.8 Å². The molecule has 0 unspecified atom stereocenters. The number of fused-ring (bicyclic) bond motifs is 1. The molecule has 3 heterocycles. The van der Waals surface area contributed by atoms with E-state index in [2.05, 4.69) is 15.6 Å². The highest BCUT2D eigenvalue weighted by Gasteiger charge is 2.25. The summed E-state index contributed by atoms with van der Waals surface area (Å²) in [6, 6.07) is 13.2. The fraction of sp³-hybridized carbons (Fsp3) is 0.208. The van der Waals surface area contributed by atoms with Crippen LogP contribution in [0.15, 0.2) is 54.9 Å². The summed E-state index contributed by atoms with van der Waals surface area (Å²) in [6.07, 6.45) is 5.92. The molecule has 1 fully saturated rings. The van der Waals surface area contributed by atoms with E-state index in [1.54, 1.807) is 24.3 Å². The molecule has 31 heavy (non-hydrogen) atoms. The summed E-state index contributed by atoms with van der Waals surface area (Å²) in [4.78, 5) is 31.8. The van der Waals surface area contributed by atoms with Crippen molar-refractivity contribution in [3.05, 3.63) is 76.6 Å². The highest BCUT2D eigenvalue weighted by atomic mass is 32.1. The quantitative estimate of drug-likeness (QED) is 0.475. The smallest absolute Gasteiger partial charge is 0.267 e. The molecule has 5 rings (SSSR count). The third-order valence-electron chi connectivity index (χ3n) is 5.33. The minimum absolute atomic E-state index is 0.108. The van der Waals surface area contributed by atoms with E-state index in [9.17, 15) is 9.59 Å². The first kappa shape index (κ1) is 19.5. The molecule has 0 bridgehead atoms. The molecule has 6 nitrogen and oxygen atoms in total. The molecule has 4 aromatic rings. The van der Waals surface area contributed by atoms with Crippen molar-refractivity contribution in [1.29, 1.82) is 0 Å². The molecule has 0 radical (unpaired) electrons. The number of amides is 2. The lowest BCUT2D eigenvalue weighted by molar-refractivity contribution is 0.0949. The van der Waals surface area contributed by atoms with Crippen LogP contribution in [0.1, 0.15) is 44.1 Å². The van der Waals surface area contributed by atoms with Gasteiger partial charge in [-0.15, -0.1) is 11.3 Å². The molecule has 2 amide bonds. The van der Waals surface area contributed by atoms with Crippen LogP contribution in [-0.4, -0.2) is 27.4 Å². The molecular formula is C24H22N4O2S. The van der Waals surface area contributed by atoms with E-state index in [1.807, 2.05) is 49.0 Å². The Balaban J connectivity index is 1.51. The number of nitrogens with one attached hydrogen (secondary N) is 2. The first-order valence-electron chi connectivity index (χ1n) is 10.3. The fourth-order valence-corrected chi connectivity index (χ4v) is 4.92. The van der Waals surface area contributed by atoms with E-state index < -0.39 is 0 Å². The topological polar surface area (TPSA) is 76.0 Å². The lowest BCUT2D eigenvalue weighted by atomic mass is 10.1. The molecule has 1 saturated carbocycles. The Morgan fingerprint density at radius 2 is 1.84 bits per heavy atom. The van der Waals surface area contributed by atoms with Crippen LogP contribution in [0, 0.1) is 13.8 Å². The van der Waals surface area contributed by atoms with Gasteiger partial charge in [-0.1, -0.05) is 6.07 Å². The highest BCUT2D eigenvalue weighted by molar-refractivity contribution is 7.21. The molecule has 1 aliphatic carbocycles. The monoisotopic (exact) mass is 430 g/mol. The second-order valence-corrected chi connectivity index (χ2v) is 8.91. The number of nitrogens with zero attached hydrogens (tertiary/aromatic N) is 2. The van der Waals surface area contributed by atoms with Gasteiger partial charge in [0, 0.05) is 40.8 Å². The van der Waals surface area contributed by atoms with Crippen LogP contribution in [0.3, 0.4) is 0 Å². The van der Waals surface area contributed by atoms with Crippen molar-refractivity contribution >= 4 is 39.1 Å². The SMILES string of the molecule is Cc1cc(C)c2c(-n3cccc3)c(C(=O)Nc3cccc(C(=O)NC4CC4)c3)sc2n1. The van der Waals surface area contributed by atoms with Crippen LogP contribution in [0.5, 0.6) is 0 Å². The summed E-state index contributed by atoms with van der Waals surface area (Å²) < 4.78 is 1.96. The molecule has 3 aromatic heterocycles. The number of carbonyl (C=O) groups excluding carboxylic acids is 2. The Bertz CT molecular complexity index is 1300. The summed E-state index contributed by atoms with van der Waals surface area (Å²) >= 11 is 1.38. The number of aromatic nitrogens is 2. The Kier molecular flexibility index (Phi) is 4.82. The van der Waals surface area contributed by atoms with Gasteiger partial charge in [0.2, 0.25) is 0 Å². The molecule has 0 aliphatic heterocycles. The van der Waals surface area contributed by atoms with Crippen LogP contribution >= 0.6 is 11.3 Å². The second-order valence-electron chi connectivity index (χ2n) is 7.91. The number of hydrogen-bond acceptors (Lipinski definition) is 4. The average molecular weight is 431 g/mol. The van der Waals surface area contributed by atoms with Gasteiger partial charge < -0.3 is 15.2 Å². The Morgan fingerprint density at radius 3 is 2.58 bits per heavy atom. The lowest BCUT2D eigenvalue weighted by Crippen LogP contribution is -2.25. The zero-order valence-electron chi connectivity index (χ0n) is 17.3. The van der Waals surface area contributed by atoms with Crippen molar-refractivity contribution in [2.24, 2.45) is 0 Å². The molecule has 1 aromatic carbocycles. The van der Waals surface area contributed by atoms with Gasteiger partial charge in [0.15, 0.2) is 0 Å². The van der Waals surface area contributed by atoms with Crippen LogP contribution in [0.25, 0.3) is 15.9 Å². The largest absolute Gasteiger partial charge is 0.349 e. The maximum atomic E-state index is 13.3. The van der Waals surface area contributed by atoms with Crippen molar-refractivity contribution < 1.29 is 9.59 Å². The third kappa shape index (κ3) is 3.84.